The Morgan fingerprint density at radius 1 is 1.22 bits per heavy atom. The Morgan fingerprint density at radius 3 is 2.50 bits per heavy atom. The Labute approximate surface area is 189 Å². The number of carbonyl (C=O) groups excluding carboxylic acids is 2. The highest BCUT2D eigenvalue weighted by atomic mass is 19.1. The number of benzene rings is 1. The van der Waals surface area contributed by atoms with E-state index < -0.39 is 36.1 Å². The number of nitrogens with one attached hydrogen (secondary N) is 1. The Bertz CT molecular complexity index is 850. The summed E-state index contributed by atoms with van der Waals surface area (Å²) in [5, 5.41) is 12.0. The van der Waals surface area contributed by atoms with Gasteiger partial charge in [0.15, 0.2) is 0 Å². The van der Waals surface area contributed by atoms with Crippen molar-refractivity contribution in [1.82, 2.24) is 5.32 Å². The van der Waals surface area contributed by atoms with Crippen molar-refractivity contribution in [2.24, 2.45) is 23.7 Å². The van der Waals surface area contributed by atoms with Crippen molar-refractivity contribution < 1.29 is 23.5 Å². The van der Waals surface area contributed by atoms with Crippen LogP contribution < -0.4 is 5.32 Å². The molecule has 0 unspecified atom stereocenters. The predicted octanol–water partition coefficient (Wildman–Crippen LogP) is 4.09. The second kappa shape index (κ2) is 10.4. The molecule has 1 aliphatic carbocycles. The Hall–Kier alpha value is -2.46. The molecule has 7 atom stereocenters. The SMILES string of the molecule is CCOC(=O)[C@@H]1[C@@H](F)[C@H](C(=O)O[C@@H]2C[C@H](C)CC[C@H]2C(C)C)N[C@@H]1c1ccc(C#N)cc1. The molecule has 1 heterocycles. The fraction of sp³-hybridized carbons (Fsp3) is 0.640. The maximum absolute atomic E-state index is 15.5. The number of esters is 2. The van der Waals surface area contributed by atoms with Gasteiger partial charge in [0, 0.05) is 6.04 Å². The summed E-state index contributed by atoms with van der Waals surface area (Å²) in [7, 11) is 0. The van der Waals surface area contributed by atoms with Crippen LogP contribution in [0.5, 0.6) is 0 Å². The lowest BCUT2D eigenvalue weighted by atomic mass is 9.75. The lowest BCUT2D eigenvalue weighted by Gasteiger charge is -2.37. The van der Waals surface area contributed by atoms with E-state index in [0.29, 0.717) is 23.0 Å². The van der Waals surface area contributed by atoms with Crippen LogP contribution in [0, 0.1) is 35.0 Å². The Morgan fingerprint density at radius 2 is 1.91 bits per heavy atom. The summed E-state index contributed by atoms with van der Waals surface area (Å²) >= 11 is 0. The molecule has 1 N–H and O–H groups in total. The maximum atomic E-state index is 15.5. The van der Waals surface area contributed by atoms with E-state index in [-0.39, 0.29) is 18.6 Å². The first-order valence-corrected chi connectivity index (χ1v) is 11.5. The molecular formula is C25H33FN2O4. The molecule has 1 aliphatic heterocycles. The molecule has 174 valence electrons. The first kappa shape index (κ1) is 24.2. The summed E-state index contributed by atoms with van der Waals surface area (Å²) < 4.78 is 26.5. The molecule has 0 bridgehead atoms. The summed E-state index contributed by atoms with van der Waals surface area (Å²) in [4.78, 5) is 25.7. The van der Waals surface area contributed by atoms with Gasteiger partial charge in [0.1, 0.15) is 24.2 Å². The summed E-state index contributed by atoms with van der Waals surface area (Å²) in [6, 6.07) is 6.58. The molecule has 1 aromatic rings. The van der Waals surface area contributed by atoms with E-state index in [9.17, 15) is 9.59 Å². The molecule has 6 nitrogen and oxygen atoms in total. The van der Waals surface area contributed by atoms with Crippen LogP contribution in [0.4, 0.5) is 4.39 Å². The van der Waals surface area contributed by atoms with Crippen molar-refractivity contribution in [3.8, 4) is 6.07 Å². The second-order valence-corrected chi connectivity index (χ2v) is 9.38. The zero-order valence-electron chi connectivity index (χ0n) is 19.2. The molecule has 1 aromatic carbocycles. The standard InChI is InChI=1S/C25H33FN2O4/c1-5-31-24(29)20-21(26)23(28-22(20)17-9-7-16(13-27)8-10-17)25(30)32-19-12-15(4)6-11-18(19)14(2)3/h7-10,14-15,18-23,28H,5-6,11-12H2,1-4H3/t15-,18+,19-,20-,21-,22-,23-/m1/s1. The van der Waals surface area contributed by atoms with E-state index in [0.717, 1.165) is 19.3 Å². The normalized spacial score (nSPS) is 32.3. The van der Waals surface area contributed by atoms with Crippen LogP contribution in [0.3, 0.4) is 0 Å². The molecule has 0 aromatic heterocycles. The number of rotatable bonds is 6. The van der Waals surface area contributed by atoms with Crippen LogP contribution >= 0.6 is 0 Å². The minimum absolute atomic E-state index is 0.118. The van der Waals surface area contributed by atoms with Crippen molar-refractivity contribution >= 4 is 11.9 Å². The molecule has 2 fully saturated rings. The van der Waals surface area contributed by atoms with Gasteiger partial charge >= 0.3 is 11.9 Å². The van der Waals surface area contributed by atoms with Crippen molar-refractivity contribution in [2.75, 3.05) is 6.61 Å². The van der Waals surface area contributed by atoms with E-state index in [1.54, 1.807) is 31.2 Å². The van der Waals surface area contributed by atoms with Crippen LogP contribution in [-0.4, -0.2) is 36.9 Å². The number of nitriles is 1. The summed E-state index contributed by atoms with van der Waals surface area (Å²) in [6.07, 6.45) is 0.804. The van der Waals surface area contributed by atoms with Crippen molar-refractivity contribution in [2.45, 2.75) is 71.3 Å². The summed E-state index contributed by atoms with van der Waals surface area (Å²) in [5.74, 6) is -1.48. The molecule has 0 amide bonds. The predicted molar refractivity (Wildman–Crippen MR) is 117 cm³/mol. The molecule has 0 radical (unpaired) electrons. The lowest BCUT2D eigenvalue weighted by molar-refractivity contribution is -0.160. The third kappa shape index (κ3) is 5.12. The Kier molecular flexibility index (Phi) is 7.89. The lowest BCUT2D eigenvalue weighted by Crippen LogP contribution is -2.44. The third-order valence-electron chi connectivity index (χ3n) is 6.82. The molecule has 32 heavy (non-hydrogen) atoms. The fourth-order valence-electron chi connectivity index (χ4n) is 5.02. The summed E-state index contributed by atoms with van der Waals surface area (Å²) in [5.41, 5.74) is 1.07. The quantitative estimate of drug-likeness (QED) is 0.665. The van der Waals surface area contributed by atoms with Crippen molar-refractivity contribution in [3.63, 3.8) is 0 Å². The monoisotopic (exact) mass is 444 g/mol. The van der Waals surface area contributed by atoms with Gasteiger partial charge < -0.3 is 9.47 Å². The average Bonchev–Trinajstić information content (AvgIpc) is 3.11. The number of hydrogen-bond acceptors (Lipinski definition) is 6. The zero-order valence-corrected chi connectivity index (χ0v) is 19.2. The highest BCUT2D eigenvalue weighted by Crippen LogP contribution is 2.39. The molecule has 0 spiro atoms. The topological polar surface area (TPSA) is 88.4 Å². The number of halogens is 1. The average molecular weight is 445 g/mol. The van der Waals surface area contributed by atoms with E-state index in [2.05, 4.69) is 26.1 Å². The first-order chi connectivity index (χ1) is 15.3. The third-order valence-corrected chi connectivity index (χ3v) is 6.82. The number of nitrogens with zero attached hydrogens (tertiary/aromatic N) is 1. The van der Waals surface area contributed by atoms with Crippen LogP contribution in [-0.2, 0) is 19.1 Å². The van der Waals surface area contributed by atoms with Gasteiger partial charge in [-0.25, -0.2) is 4.39 Å². The first-order valence-electron chi connectivity index (χ1n) is 11.5. The van der Waals surface area contributed by atoms with Gasteiger partial charge in [0.2, 0.25) is 0 Å². The fourth-order valence-corrected chi connectivity index (χ4v) is 5.02. The zero-order chi connectivity index (χ0) is 23.4. The molecule has 1 saturated carbocycles. The highest BCUT2D eigenvalue weighted by Gasteiger charge is 2.53. The van der Waals surface area contributed by atoms with E-state index >= 15 is 4.39 Å². The highest BCUT2D eigenvalue weighted by molar-refractivity contribution is 5.82. The van der Waals surface area contributed by atoms with Crippen LogP contribution in [0.15, 0.2) is 24.3 Å². The van der Waals surface area contributed by atoms with Crippen LogP contribution in [0.25, 0.3) is 0 Å². The number of carbonyl (C=O) groups is 2. The largest absolute Gasteiger partial charge is 0.466 e. The van der Waals surface area contributed by atoms with Crippen LogP contribution in [0.2, 0.25) is 0 Å². The van der Waals surface area contributed by atoms with Gasteiger partial charge in [0.05, 0.1) is 18.2 Å². The number of ether oxygens (including phenoxy) is 2. The van der Waals surface area contributed by atoms with Crippen LogP contribution in [0.1, 0.15) is 64.1 Å². The number of alkyl halides is 1. The van der Waals surface area contributed by atoms with Crippen molar-refractivity contribution in [3.05, 3.63) is 35.4 Å². The molecular weight excluding hydrogens is 411 g/mol. The smallest absolute Gasteiger partial charge is 0.326 e. The van der Waals surface area contributed by atoms with Crippen molar-refractivity contribution in [1.29, 1.82) is 5.26 Å². The Balaban J connectivity index is 1.82. The minimum Gasteiger partial charge on any atom is -0.466 e. The van der Waals surface area contributed by atoms with Gasteiger partial charge in [-0.2, -0.15) is 5.26 Å². The van der Waals surface area contributed by atoms with Gasteiger partial charge in [0.25, 0.3) is 0 Å². The molecule has 7 heteroatoms. The van der Waals surface area contributed by atoms with Gasteiger partial charge in [-0.05, 0) is 55.2 Å². The molecule has 3 rings (SSSR count). The van der Waals surface area contributed by atoms with E-state index in [4.69, 9.17) is 14.7 Å². The van der Waals surface area contributed by atoms with E-state index in [1.807, 2.05) is 6.07 Å². The minimum atomic E-state index is -1.78. The molecule has 2 aliphatic rings. The molecule has 1 saturated heterocycles. The van der Waals surface area contributed by atoms with E-state index in [1.165, 1.54) is 0 Å². The van der Waals surface area contributed by atoms with Gasteiger partial charge in [-0.1, -0.05) is 39.3 Å². The van der Waals surface area contributed by atoms with Gasteiger partial charge in [-0.15, -0.1) is 0 Å². The second-order valence-electron chi connectivity index (χ2n) is 9.38. The number of hydrogen-bond donors (Lipinski definition) is 1. The van der Waals surface area contributed by atoms with Gasteiger partial charge in [-0.3, -0.25) is 14.9 Å². The summed E-state index contributed by atoms with van der Waals surface area (Å²) in [6.45, 7) is 8.15. The maximum Gasteiger partial charge on any atom is 0.326 e.